The van der Waals surface area contributed by atoms with Crippen molar-refractivity contribution in [2.45, 2.75) is 19.1 Å². The van der Waals surface area contributed by atoms with Crippen LogP contribution < -0.4 is 10.5 Å². The minimum atomic E-state index is -3.09. The van der Waals surface area contributed by atoms with Crippen LogP contribution in [-0.4, -0.2) is 42.3 Å². The van der Waals surface area contributed by atoms with Gasteiger partial charge in [0, 0.05) is 18.1 Å². The van der Waals surface area contributed by atoms with Gasteiger partial charge in [0.25, 0.3) is 5.56 Å². The second-order valence-corrected chi connectivity index (χ2v) is 9.44. The molecule has 1 atom stereocenters. The molecule has 1 unspecified atom stereocenters. The number of benzene rings is 1. The molecule has 0 aliphatic carbocycles. The Balaban J connectivity index is 1.99. The van der Waals surface area contributed by atoms with Gasteiger partial charge in [-0.25, -0.2) is 8.42 Å². The number of hydrogen-bond donors (Lipinski definition) is 0. The second kappa shape index (κ2) is 6.63. The molecule has 1 aliphatic heterocycles. The third kappa shape index (κ3) is 3.41. The van der Waals surface area contributed by atoms with Crippen LogP contribution in [0.5, 0.6) is 0 Å². The topological polar surface area (TPSA) is 72.3 Å². The Hall–Kier alpha value is -1.57. The molecular formula is C16H17Cl2N3O3S. The molecule has 1 aromatic carbocycles. The number of halogens is 2. The summed E-state index contributed by atoms with van der Waals surface area (Å²) >= 11 is 12.4. The van der Waals surface area contributed by atoms with Gasteiger partial charge in [-0.3, -0.25) is 4.79 Å². The van der Waals surface area contributed by atoms with Crippen LogP contribution in [0.15, 0.2) is 29.2 Å². The Morgan fingerprint density at radius 3 is 2.64 bits per heavy atom. The van der Waals surface area contributed by atoms with Crippen molar-refractivity contribution < 1.29 is 8.42 Å². The summed E-state index contributed by atoms with van der Waals surface area (Å²) in [6, 6.07) is 5.18. The third-order valence-corrected chi connectivity index (χ3v) is 7.27. The van der Waals surface area contributed by atoms with Gasteiger partial charge < -0.3 is 4.90 Å². The monoisotopic (exact) mass is 401 g/mol. The number of anilines is 1. The molecule has 0 N–H and O–H groups in total. The van der Waals surface area contributed by atoms with Crippen LogP contribution in [0.3, 0.4) is 0 Å². The van der Waals surface area contributed by atoms with Crippen LogP contribution in [0.1, 0.15) is 12.5 Å². The van der Waals surface area contributed by atoms with E-state index in [2.05, 4.69) is 5.10 Å². The summed E-state index contributed by atoms with van der Waals surface area (Å²) in [6.07, 6.45) is 1.49. The lowest BCUT2D eigenvalue weighted by molar-refractivity contribution is 0.569. The first-order chi connectivity index (χ1) is 11.7. The summed E-state index contributed by atoms with van der Waals surface area (Å²) in [5.41, 5.74) is 1.39. The predicted molar refractivity (Wildman–Crippen MR) is 100 cm³/mol. The van der Waals surface area contributed by atoms with Gasteiger partial charge in [0.15, 0.2) is 9.84 Å². The van der Waals surface area contributed by atoms with Gasteiger partial charge in [-0.2, -0.15) is 9.78 Å². The van der Waals surface area contributed by atoms with Crippen LogP contribution in [0, 0.1) is 6.92 Å². The number of rotatable bonds is 2. The molecule has 3 rings (SSSR count). The number of aromatic nitrogens is 2. The van der Waals surface area contributed by atoms with Crippen LogP contribution in [0.25, 0.3) is 5.69 Å². The number of sulfone groups is 1. The molecule has 0 amide bonds. The maximum Gasteiger partial charge on any atom is 0.292 e. The van der Waals surface area contributed by atoms with E-state index in [1.165, 1.54) is 10.9 Å². The highest BCUT2D eigenvalue weighted by Crippen LogP contribution is 2.26. The summed E-state index contributed by atoms with van der Waals surface area (Å²) in [5, 5.41) is 4.21. The average Bonchev–Trinajstić information content (AvgIpc) is 2.56. The third-order valence-electron chi connectivity index (χ3n) is 4.38. The maximum absolute atomic E-state index is 12.6. The van der Waals surface area contributed by atoms with Gasteiger partial charge >= 0.3 is 0 Å². The lowest BCUT2D eigenvalue weighted by Crippen LogP contribution is -2.46. The average molecular weight is 402 g/mol. The Morgan fingerprint density at radius 1 is 1.28 bits per heavy atom. The molecule has 0 radical (unpaired) electrons. The highest BCUT2D eigenvalue weighted by atomic mass is 35.5. The molecule has 6 nitrogen and oxygen atoms in total. The molecule has 2 aromatic rings. The zero-order valence-corrected chi connectivity index (χ0v) is 16.1. The van der Waals surface area contributed by atoms with Crippen molar-refractivity contribution in [3.05, 3.63) is 50.4 Å². The fraction of sp³-hybridized carbons (Fsp3) is 0.375. The van der Waals surface area contributed by atoms with Crippen molar-refractivity contribution in [2.75, 3.05) is 23.7 Å². The van der Waals surface area contributed by atoms with E-state index in [9.17, 15) is 13.2 Å². The highest BCUT2D eigenvalue weighted by molar-refractivity contribution is 7.92. The van der Waals surface area contributed by atoms with Gasteiger partial charge in [0.05, 0.1) is 28.6 Å². The SMILES string of the molecule is Cc1ccc(-n2ncc(N3CCS(=O)(=O)C(C)C3)c(Cl)c2=O)cc1Cl. The number of nitrogens with zero attached hydrogens (tertiary/aromatic N) is 3. The smallest absolute Gasteiger partial charge is 0.292 e. The van der Waals surface area contributed by atoms with Crippen molar-refractivity contribution in [1.82, 2.24) is 9.78 Å². The van der Waals surface area contributed by atoms with Crippen molar-refractivity contribution in [1.29, 1.82) is 0 Å². The van der Waals surface area contributed by atoms with E-state index >= 15 is 0 Å². The zero-order chi connectivity index (χ0) is 18.4. The van der Waals surface area contributed by atoms with Gasteiger partial charge in [0.1, 0.15) is 5.02 Å². The van der Waals surface area contributed by atoms with E-state index in [1.807, 2.05) is 6.92 Å². The van der Waals surface area contributed by atoms with Crippen molar-refractivity contribution in [2.24, 2.45) is 0 Å². The minimum absolute atomic E-state index is 0.0122. The van der Waals surface area contributed by atoms with Crippen LogP contribution >= 0.6 is 23.2 Å². The number of hydrogen-bond acceptors (Lipinski definition) is 5. The molecule has 1 aromatic heterocycles. The molecule has 25 heavy (non-hydrogen) atoms. The van der Waals surface area contributed by atoms with Crippen LogP contribution in [0.4, 0.5) is 5.69 Å². The van der Waals surface area contributed by atoms with Gasteiger partial charge in [-0.15, -0.1) is 0 Å². The van der Waals surface area contributed by atoms with E-state index in [-0.39, 0.29) is 23.9 Å². The summed E-state index contributed by atoms with van der Waals surface area (Å²) < 4.78 is 24.9. The van der Waals surface area contributed by atoms with E-state index in [4.69, 9.17) is 23.2 Å². The first-order valence-electron chi connectivity index (χ1n) is 7.71. The van der Waals surface area contributed by atoms with E-state index in [0.717, 1.165) is 5.56 Å². The summed E-state index contributed by atoms with van der Waals surface area (Å²) in [4.78, 5) is 14.4. The Labute approximate surface area is 155 Å². The lowest BCUT2D eigenvalue weighted by Gasteiger charge is -2.32. The summed E-state index contributed by atoms with van der Waals surface area (Å²) in [6.45, 7) is 4.08. The van der Waals surface area contributed by atoms with Crippen molar-refractivity contribution >= 4 is 38.7 Å². The summed E-state index contributed by atoms with van der Waals surface area (Å²) in [7, 11) is -3.09. The largest absolute Gasteiger partial charge is 0.367 e. The Kier molecular flexibility index (Phi) is 4.83. The zero-order valence-electron chi connectivity index (χ0n) is 13.7. The van der Waals surface area contributed by atoms with Crippen LogP contribution in [-0.2, 0) is 9.84 Å². The molecule has 0 spiro atoms. The molecule has 1 fully saturated rings. The molecule has 2 heterocycles. The van der Waals surface area contributed by atoms with Gasteiger partial charge in [-0.05, 0) is 31.5 Å². The quantitative estimate of drug-likeness (QED) is 0.772. The molecular weight excluding hydrogens is 385 g/mol. The minimum Gasteiger partial charge on any atom is -0.367 e. The van der Waals surface area contributed by atoms with E-state index < -0.39 is 20.6 Å². The normalized spacial score (nSPS) is 19.8. The first-order valence-corrected chi connectivity index (χ1v) is 10.2. The van der Waals surface area contributed by atoms with Gasteiger partial charge in [0.2, 0.25) is 0 Å². The molecule has 9 heteroatoms. The summed E-state index contributed by atoms with van der Waals surface area (Å²) in [5.74, 6) is 0.0289. The van der Waals surface area contributed by atoms with Crippen LogP contribution in [0.2, 0.25) is 10.0 Å². The second-order valence-electron chi connectivity index (χ2n) is 6.12. The van der Waals surface area contributed by atoms with Gasteiger partial charge in [-0.1, -0.05) is 29.3 Å². The molecule has 0 bridgehead atoms. The Bertz CT molecular complexity index is 989. The van der Waals surface area contributed by atoms with E-state index in [0.29, 0.717) is 16.4 Å². The molecule has 1 aliphatic rings. The predicted octanol–water partition coefficient (Wildman–Crippen LogP) is 2.47. The molecule has 134 valence electrons. The Morgan fingerprint density at radius 2 is 2.00 bits per heavy atom. The highest BCUT2D eigenvalue weighted by Gasteiger charge is 2.31. The van der Waals surface area contributed by atoms with Crippen molar-refractivity contribution in [3.8, 4) is 5.69 Å². The lowest BCUT2D eigenvalue weighted by atomic mass is 10.2. The fourth-order valence-corrected chi connectivity index (χ4v) is 4.42. The number of aryl methyl sites for hydroxylation is 1. The molecule has 1 saturated heterocycles. The molecule has 0 saturated carbocycles. The maximum atomic E-state index is 12.6. The fourth-order valence-electron chi connectivity index (χ4n) is 2.71. The standard InChI is InChI=1S/C16H17Cl2N3O3S/c1-10-3-4-12(7-13(10)17)21-16(22)15(18)14(8-19-21)20-5-6-25(23,24)11(2)9-20/h3-4,7-8,11H,5-6,9H2,1-2H3. The first kappa shape index (κ1) is 18.2. The van der Waals surface area contributed by atoms with Crippen molar-refractivity contribution in [3.63, 3.8) is 0 Å². The van der Waals surface area contributed by atoms with E-state index in [1.54, 1.807) is 30.0 Å².